The van der Waals surface area contributed by atoms with Crippen LogP contribution in [0.5, 0.6) is 0 Å². The average molecular weight is 668 g/mol. The van der Waals surface area contributed by atoms with E-state index in [4.69, 9.17) is 16.6 Å². The van der Waals surface area contributed by atoms with E-state index in [0.717, 1.165) is 29.3 Å². The molecule has 0 saturated heterocycles. The lowest BCUT2D eigenvalue weighted by Crippen LogP contribution is -2.00. The topological polar surface area (TPSA) is 12.9 Å². The van der Waals surface area contributed by atoms with Crippen LogP contribution in [0.2, 0.25) is 5.02 Å². The van der Waals surface area contributed by atoms with E-state index in [1.165, 1.54) is 29.4 Å². The number of halogens is 3. The van der Waals surface area contributed by atoms with Gasteiger partial charge in [-0.1, -0.05) is 66.2 Å². The second-order valence-electron chi connectivity index (χ2n) is 7.36. The Morgan fingerprint density at radius 2 is 1.61 bits per heavy atom. The van der Waals surface area contributed by atoms with Crippen LogP contribution in [0.15, 0.2) is 84.9 Å². The third-order valence-electron chi connectivity index (χ3n) is 5.23. The molecule has 5 heteroatoms. The fourth-order valence-electron chi connectivity index (χ4n) is 3.64. The highest BCUT2D eigenvalue weighted by Crippen LogP contribution is 2.38. The number of aromatic nitrogens is 1. The molecule has 1 nitrogen and oxygen atoms in total. The molecule has 1 aromatic heterocycles. The highest BCUT2D eigenvalue weighted by atomic mass is 127. The molecule has 0 aliphatic heterocycles. The average Bonchev–Trinajstić information content (AvgIpc) is 2.78. The van der Waals surface area contributed by atoms with Crippen molar-refractivity contribution in [2.75, 3.05) is 0 Å². The van der Waals surface area contributed by atoms with Crippen LogP contribution in [0.25, 0.3) is 22.4 Å². The number of hydrogen-bond acceptors (Lipinski definition) is 1. The van der Waals surface area contributed by atoms with Gasteiger partial charge in [0.05, 0.1) is 5.69 Å². The van der Waals surface area contributed by atoms with Crippen LogP contribution < -0.4 is 0 Å². The van der Waals surface area contributed by atoms with Gasteiger partial charge in [0.15, 0.2) is 0 Å². The fraction of sp³-hybridized carbons (Fsp3) is 0.115. The Hall–Kier alpha value is -1.01. The number of aryl methyl sites for hydroxylation is 1. The van der Waals surface area contributed by atoms with Crippen molar-refractivity contribution in [2.24, 2.45) is 0 Å². The fourth-order valence-corrected chi connectivity index (χ4v) is 6.34. The van der Waals surface area contributed by atoms with Crippen LogP contribution in [-0.2, 0) is 6.42 Å². The molecule has 4 rings (SSSR count). The van der Waals surface area contributed by atoms with Gasteiger partial charge in [-0.2, -0.15) is 0 Å². The highest BCUT2D eigenvalue weighted by Gasteiger charge is 2.16. The van der Waals surface area contributed by atoms with Crippen molar-refractivity contribution >= 4 is 66.0 Å². The van der Waals surface area contributed by atoms with E-state index in [1.54, 1.807) is 0 Å². The third kappa shape index (κ3) is 5.68. The van der Waals surface area contributed by atoms with Crippen molar-refractivity contribution in [1.82, 2.24) is 4.98 Å². The van der Waals surface area contributed by atoms with Gasteiger partial charge < -0.3 is 0 Å². The first-order valence-electron chi connectivity index (χ1n) is 10.0. The molecular weight excluding hydrogens is 647 g/mol. The molecule has 0 saturated carbocycles. The molecule has 2 unspecified atom stereocenters. The molecule has 0 spiro atoms. The monoisotopic (exact) mass is 667 g/mol. The maximum Gasteiger partial charge on any atom is 0.0722 e. The maximum absolute atomic E-state index is 6.34. The zero-order chi connectivity index (χ0) is 21.8. The van der Waals surface area contributed by atoms with Gasteiger partial charge in [-0.3, -0.25) is 4.98 Å². The number of pyridine rings is 1. The molecule has 0 radical (unpaired) electrons. The minimum Gasteiger partial charge on any atom is -0.252 e. The van der Waals surface area contributed by atoms with E-state index in [9.17, 15) is 0 Å². The predicted molar refractivity (Wildman–Crippen MR) is 153 cm³/mol. The molecule has 0 N–H and O–H groups in total. The molecule has 31 heavy (non-hydrogen) atoms. The smallest absolute Gasteiger partial charge is 0.0722 e. The Morgan fingerprint density at radius 3 is 2.39 bits per heavy atom. The largest absolute Gasteiger partial charge is 0.252 e. The van der Waals surface area contributed by atoms with Gasteiger partial charge in [-0.05, 0) is 105 Å². The van der Waals surface area contributed by atoms with Gasteiger partial charge >= 0.3 is 0 Å². The standard InChI is InChI=1S/C26H21ClI2NP/c27-21-10-5-4-9-18(21)13-14-25(31)23-11-6-12-24(30-23)26-20(15-19(28)16-22(26)29)17-7-2-1-3-8-17/h1-12,15-16,25H,13-14,31H2. The first-order chi connectivity index (χ1) is 15.0. The summed E-state index contributed by atoms with van der Waals surface area (Å²) in [5.74, 6) is 0. The van der Waals surface area contributed by atoms with Gasteiger partial charge in [0.1, 0.15) is 0 Å². The van der Waals surface area contributed by atoms with Gasteiger partial charge in [-0.25, -0.2) is 0 Å². The Labute approximate surface area is 218 Å². The van der Waals surface area contributed by atoms with E-state index in [1.807, 2.05) is 18.2 Å². The van der Waals surface area contributed by atoms with Crippen LogP contribution in [0.3, 0.4) is 0 Å². The minimum absolute atomic E-state index is 0.262. The lowest BCUT2D eigenvalue weighted by Gasteiger charge is -2.16. The molecule has 1 heterocycles. The zero-order valence-corrected chi connectivity index (χ0v) is 23.0. The molecule has 0 fully saturated rings. The lowest BCUT2D eigenvalue weighted by molar-refractivity contribution is 0.782. The van der Waals surface area contributed by atoms with E-state index < -0.39 is 0 Å². The number of benzene rings is 3. The summed E-state index contributed by atoms with van der Waals surface area (Å²) in [6, 6.07) is 29.4. The van der Waals surface area contributed by atoms with E-state index in [0.29, 0.717) is 0 Å². The summed E-state index contributed by atoms with van der Waals surface area (Å²) in [6.45, 7) is 0. The summed E-state index contributed by atoms with van der Waals surface area (Å²) in [6.07, 6.45) is 1.90. The summed E-state index contributed by atoms with van der Waals surface area (Å²) in [5.41, 5.74) is 7.17. The zero-order valence-electron chi connectivity index (χ0n) is 16.7. The van der Waals surface area contributed by atoms with Crippen LogP contribution in [-0.4, -0.2) is 4.98 Å². The number of hydrogen-bond donors (Lipinski definition) is 0. The van der Waals surface area contributed by atoms with Crippen LogP contribution in [0, 0.1) is 7.14 Å². The first-order valence-corrected chi connectivity index (χ1v) is 13.2. The number of rotatable bonds is 6. The van der Waals surface area contributed by atoms with Crippen molar-refractivity contribution in [2.45, 2.75) is 18.5 Å². The van der Waals surface area contributed by atoms with E-state index in [2.05, 4.69) is 121 Å². The predicted octanol–water partition coefficient (Wildman–Crippen LogP) is 8.83. The van der Waals surface area contributed by atoms with E-state index in [-0.39, 0.29) is 5.66 Å². The second kappa shape index (κ2) is 10.7. The quantitative estimate of drug-likeness (QED) is 0.148. The summed E-state index contributed by atoms with van der Waals surface area (Å²) in [7, 11) is 2.97. The lowest BCUT2D eigenvalue weighted by atomic mass is 9.97. The Bertz CT molecular complexity index is 1200. The van der Waals surface area contributed by atoms with Gasteiger partial charge in [-0.15, -0.1) is 9.24 Å². The maximum atomic E-state index is 6.34. The SMILES string of the molecule is PC(CCc1ccccc1Cl)c1cccc(-c2c(I)cc(I)cc2-c2ccccc2)n1. The Balaban J connectivity index is 1.66. The molecule has 0 aliphatic rings. The molecule has 2 atom stereocenters. The normalized spacial score (nSPS) is 12.0. The molecular formula is C26H21ClI2NP. The number of nitrogens with zero attached hydrogens (tertiary/aromatic N) is 1. The van der Waals surface area contributed by atoms with Crippen LogP contribution in [0.1, 0.15) is 23.3 Å². The van der Waals surface area contributed by atoms with Crippen molar-refractivity contribution in [1.29, 1.82) is 0 Å². The summed E-state index contributed by atoms with van der Waals surface area (Å²) >= 11 is 11.2. The van der Waals surface area contributed by atoms with E-state index >= 15 is 0 Å². The van der Waals surface area contributed by atoms with Gasteiger partial charge in [0, 0.05) is 29.1 Å². The summed E-state index contributed by atoms with van der Waals surface area (Å²) in [4.78, 5) is 5.09. The molecule has 3 aromatic carbocycles. The molecule has 0 aliphatic carbocycles. The Morgan fingerprint density at radius 1 is 0.871 bits per heavy atom. The van der Waals surface area contributed by atoms with Gasteiger partial charge in [0.25, 0.3) is 0 Å². The first kappa shape index (κ1) is 23.2. The summed E-state index contributed by atoms with van der Waals surface area (Å²) < 4.78 is 2.44. The molecule has 0 bridgehead atoms. The Kier molecular flexibility index (Phi) is 8.02. The van der Waals surface area contributed by atoms with Crippen molar-refractivity contribution in [3.63, 3.8) is 0 Å². The molecule has 0 amide bonds. The van der Waals surface area contributed by atoms with Crippen LogP contribution in [0.4, 0.5) is 0 Å². The summed E-state index contributed by atoms with van der Waals surface area (Å²) in [5, 5.41) is 0.836. The second-order valence-corrected chi connectivity index (χ2v) is 11.0. The van der Waals surface area contributed by atoms with Crippen molar-refractivity contribution < 1.29 is 0 Å². The molecule has 4 aromatic rings. The molecule has 156 valence electrons. The minimum atomic E-state index is 0.262. The van der Waals surface area contributed by atoms with Crippen molar-refractivity contribution in [3.05, 3.63) is 108 Å². The third-order valence-corrected chi connectivity index (χ3v) is 7.75. The van der Waals surface area contributed by atoms with Crippen molar-refractivity contribution in [3.8, 4) is 22.4 Å². The highest BCUT2D eigenvalue weighted by molar-refractivity contribution is 14.1. The van der Waals surface area contributed by atoms with Gasteiger partial charge in [0.2, 0.25) is 0 Å². The van der Waals surface area contributed by atoms with Crippen LogP contribution >= 0.6 is 66.0 Å².